The molecule has 0 aliphatic heterocycles. The second kappa shape index (κ2) is 8.51. The molecule has 0 spiro atoms. The van der Waals surface area contributed by atoms with E-state index in [-0.39, 0.29) is 11.9 Å². The highest BCUT2D eigenvalue weighted by Crippen LogP contribution is 2.11. The van der Waals surface area contributed by atoms with Crippen molar-refractivity contribution in [2.45, 2.75) is 52.0 Å². The van der Waals surface area contributed by atoms with Crippen LogP contribution in [0.1, 0.15) is 56.3 Å². The van der Waals surface area contributed by atoms with Crippen LogP contribution >= 0.6 is 0 Å². The average Bonchev–Trinajstić information content (AvgIpc) is 2.43. The Morgan fingerprint density at radius 1 is 1.37 bits per heavy atom. The molecule has 1 rings (SSSR count). The Labute approximate surface area is 116 Å². The minimum Gasteiger partial charge on any atom is -0.372 e. The third-order valence-corrected chi connectivity index (χ3v) is 3.16. The summed E-state index contributed by atoms with van der Waals surface area (Å²) in [6.07, 6.45) is 7.62. The van der Waals surface area contributed by atoms with Crippen molar-refractivity contribution in [2.75, 3.05) is 12.4 Å². The van der Waals surface area contributed by atoms with E-state index in [2.05, 4.69) is 29.5 Å². The van der Waals surface area contributed by atoms with Gasteiger partial charge in [0.15, 0.2) is 0 Å². The quantitative estimate of drug-likeness (QED) is 0.708. The van der Waals surface area contributed by atoms with Gasteiger partial charge in [0.2, 0.25) is 0 Å². The van der Waals surface area contributed by atoms with Crippen LogP contribution in [0, 0.1) is 0 Å². The molecule has 2 N–H and O–H groups in total. The molecule has 4 nitrogen and oxygen atoms in total. The van der Waals surface area contributed by atoms with Gasteiger partial charge in [-0.1, -0.05) is 32.6 Å². The van der Waals surface area contributed by atoms with Gasteiger partial charge in [-0.3, -0.25) is 4.79 Å². The number of anilines is 1. The van der Waals surface area contributed by atoms with Crippen molar-refractivity contribution in [3.63, 3.8) is 0 Å². The molecule has 4 heteroatoms. The minimum absolute atomic E-state index is 0.0551. The second-order valence-corrected chi connectivity index (χ2v) is 4.87. The summed E-state index contributed by atoms with van der Waals surface area (Å²) in [5.74, 6) is 0.568. The largest absolute Gasteiger partial charge is 0.372 e. The molecule has 0 bridgehead atoms. The van der Waals surface area contributed by atoms with Crippen LogP contribution < -0.4 is 10.6 Å². The lowest BCUT2D eigenvalue weighted by Crippen LogP contribution is -2.33. The van der Waals surface area contributed by atoms with Gasteiger partial charge >= 0.3 is 0 Å². The number of hydrogen-bond donors (Lipinski definition) is 2. The van der Waals surface area contributed by atoms with Gasteiger partial charge in [0.1, 0.15) is 5.82 Å². The van der Waals surface area contributed by atoms with E-state index >= 15 is 0 Å². The average molecular weight is 263 g/mol. The maximum atomic E-state index is 12.1. The summed E-state index contributed by atoms with van der Waals surface area (Å²) in [5, 5.41) is 5.97. The van der Waals surface area contributed by atoms with Crippen molar-refractivity contribution in [1.29, 1.82) is 0 Å². The molecule has 1 heterocycles. The molecule has 0 fully saturated rings. The summed E-state index contributed by atoms with van der Waals surface area (Å²) in [6, 6.07) is 3.77. The standard InChI is InChI=1S/C15H25N3O/c1-4-5-6-7-9-12(2)18-15(19)13-10-8-11-17-14(13)16-3/h8,10-12H,4-7,9H2,1-3H3,(H,16,17)(H,18,19). The number of nitrogens with zero attached hydrogens (tertiary/aromatic N) is 1. The number of nitrogens with one attached hydrogen (secondary N) is 2. The van der Waals surface area contributed by atoms with Gasteiger partial charge in [0, 0.05) is 19.3 Å². The van der Waals surface area contributed by atoms with E-state index in [1.54, 1.807) is 25.4 Å². The number of amides is 1. The van der Waals surface area contributed by atoms with Crippen LogP contribution in [0.2, 0.25) is 0 Å². The van der Waals surface area contributed by atoms with Crippen molar-refractivity contribution in [3.8, 4) is 0 Å². The zero-order valence-electron chi connectivity index (χ0n) is 12.2. The molecule has 0 aliphatic carbocycles. The fourth-order valence-corrected chi connectivity index (χ4v) is 2.04. The Hall–Kier alpha value is -1.58. The number of unbranched alkanes of at least 4 members (excludes halogenated alkanes) is 3. The molecular formula is C15H25N3O. The first-order chi connectivity index (χ1) is 9.19. The Morgan fingerprint density at radius 3 is 2.84 bits per heavy atom. The Kier molecular flexibility index (Phi) is 6.93. The van der Waals surface area contributed by atoms with E-state index in [1.807, 2.05) is 0 Å². The van der Waals surface area contributed by atoms with Crippen LogP contribution in [0.15, 0.2) is 18.3 Å². The molecule has 0 saturated heterocycles. The van der Waals surface area contributed by atoms with Gasteiger partial charge in [-0.15, -0.1) is 0 Å². The SMILES string of the molecule is CCCCCCC(C)NC(=O)c1cccnc1NC. The van der Waals surface area contributed by atoms with E-state index in [0.717, 1.165) is 6.42 Å². The molecule has 0 aromatic carbocycles. The molecular weight excluding hydrogens is 238 g/mol. The van der Waals surface area contributed by atoms with Crippen LogP contribution in [-0.4, -0.2) is 24.0 Å². The van der Waals surface area contributed by atoms with Gasteiger partial charge < -0.3 is 10.6 Å². The highest BCUT2D eigenvalue weighted by atomic mass is 16.1. The number of carbonyl (C=O) groups is 1. The molecule has 1 unspecified atom stereocenters. The minimum atomic E-state index is -0.0551. The smallest absolute Gasteiger partial charge is 0.255 e. The van der Waals surface area contributed by atoms with Crippen LogP contribution in [0.5, 0.6) is 0 Å². The van der Waals surface area contributed by atoms with E-state index in [9.17, 15) is 4.79 Å². The molecule has 0 radical (unpaired) electrons. The first kappa shape index (κ1) is 15.5. The maximum Gasteiger partial charge on any atom is 0.255 e. The van der Waals surface area contributed by atoms with Gasteiger partial charge in [-0.25, -0.2) is 4.98 Å². The van der Waals surface area contributed by atoms with E-state index in [4.69, 9.17) is 0 Å². The lowest BCUT2D eigenvalue weighted by atomic mass is 10.1. The van der Waals surface area contributed by atoms with Gasteiger partial charge in [-0.2, -0.15) is 0 Å². The molecule has 106 valence electrons. The first-order valence-corrected chi connectivity index (χ1v) is 7.12. The van der Waals surface area contributed by atoms with E-state index in [0.29, 0.717) is 11.4 Å². The number of aromatic nitrogens is 1. The first-order valence-electron chi connectivity index (χ1n) is 7.12. The highest BCUT2D eigenvalue weighted by molar-refractivity contribution is 5.98. The van der Waals surface area contributed by atoms with Gasteiger partial charge in [0.25, 0.3) is 5.91 Å². The summed E-state index contributed by atoms with van der Waals surface area (Å²) in [7, 11) is 1.77. The predicted molar refractivity (Wildman–Crippen MR) is 79.5 cm³/mol. The van der Waals surface area contributed by atoms with Crippen molar-refractivity contribution in [3.05, 3.63) is 23.9 Å². The lowest BCUT2D eigenvalue weighted by Gasteiger charge is -2.15. The molecule has 1 aromatic rings. The number of pyridine rings is 1. The molecule has 0 saturated carbocycles. The Bertz CT molecular complexity index is 393. The number of rotatable bonds is 8. The second-order valence-electron chi connectivity index (χ2n) is 4.87. The Balaban J connectivity index is 2.45. The predicted octanol–water partition coefficient (Wildman–Crippen LogP) is 3.21. The maximum absolute atomic E-state index is 12.1. The highest BCUT2D eigenvalue weighted by Gasteiger charge is 2.13. The van der Waals surface area contributed by atoms with Gasteiger partial charge in [0.05, 0.1) is 5.56 Å². The van der Waals surface area contributed by atoms with Gasteiger partial charge in [-0.05, 0) is 25.5 Å². The van der Waals surface area contributed by atoms with E-state index < -0.39 is 0 Å². The van der Waals surface area contributed by atoms with Crippen LogP contribution in [0.4, 0.5) is 5.82 Å². The zero-order valence-corrected chi connectivity index (χ0v) is 12.2. The van der Waals surface area contributed by atoms with Crippen molar-refractivity contribution in [1.82, 2.24) is 10.3 Å². The third kappa shape index (κ3) is 5.28. The molecule has 1 amide bonds. The van der Waals surface area contributed by atoms with Crippen LogP contribution in [0.25, 0.3) is 0 Å². The summed E-state index contributed by atoms with van der Waals surface area (Å²) >= 11 is 0. The third-order valence-electron chi connectivity index (χ3n) is 3.16. The molecule has 19 heavy (non-hydrogen) atoms. The fourth-order valence-electron chi connectivity index (χ4n) is 2.04. The zero-order chi connectivity index (χ0) is 14.1. The Morgan fingerprint density at radius 2 is 2.16 bits per heavy atom. The van der Waals surface area contributed by atoms with E-state index in [1.165, 1.54) is 25.7 Å². The summed E-state index contributed by atoms with van der Waals surface area (Å²) in [4.78, 5) is 16.3. The van der Waals surface area contributed by atoms with Crippen LogP contribution in [-0.2, 0) is 0 Å². The molecule has 0 aliphatic rings. The summed E-state index contributed by atoms with van der Waals surface area (Å²) in [6.45, 7) is 4.26. The number of carbonyl (C=O) groups excluding carboxylic acids is 1. The molecule has 1 atom stereocenters. The topological polar surface area (TPSA) is 54.0 Å². The van der Waals surface area contributed by atoms with Crippen molar-refractivity contribution in [2.24, 2.45) is 0 Å². The van der Waals surface area contributed by atoms with Crippen molar-refractivity contribution >= 4 is 11.7 Å². The normalized spacial score (nSPS) is 11.9. The fraction of sp³-hybridized carbons (Fsp3) is 0.600. The lowest BCUT2D eigenvalue weighted by molar-refractivity contribution is 0.0938. The number of hydrogen-bond acceptors (Lipinski definition) is 3. The van der Waals surface area contributed by atoms with Crippen LogP contribution in [0.3, 0.4) is 0 Å². The molecule has 1 aromatic heterocycles. The summed E-state index contributed by atoms with van der Waals surface area (Å²) < 4.78 is 0. The van der Waals surface area contributed by atoms with Crippen molar-refractivity contribution < 1.29 is 4.79 Å². The monoisotopic (exact) mass is 263 g/mol. The summed E-state index contributed by atoms with van der Waals surface area (Å²) in [5.41, 5.74) is 0.602.